The number of aliphatic carboxylic acids is 1. The quantitative estimate of drug-likeness (QED) is 0.819. The van der Waals surface area contributed by atoms with Crippen LogP contribution < -0.4 is 4.74 Å². The molecule has 0 aliphatic carbocycles. The van der Waals surface area contributed by atoms with E-state index < -0.39 is 5.97 Å². The van der Waals surface area contributed by atoms with Crippen molar-refractivity contribution in [3.8, 4) is 5.75 Å². The highest BCUT2D eigenvalue weighted by Gasteiger charge is 2.10. The van der Waals surface area contributed by atoms with Gasteiger partial charge in [-0.2, -0.15) is 0 Å². The number of carbonyl (C=O) groups is 1. The summed E-state index contributed by atoms with van der Waals surface area (Å²) in [5.41, 5.74) is 0.684. The summed E-state index contributed by atoms with van der Waals surface area (Å²) in [7, 11) is 0. The predicted molar refractivity (Wildman–Crippen MR) is 83.9 cm³/mol. The number of likely N-dealkylation sites (tertiary alicyclic amines) is 1. The number of rotatable bonds is 6. The Kier molecular flexibility index (Phi) is 6.08. The first kappa shape index (κ1) is 15.9. The number of halogens is 1. The van der Waals surface area contributed by atoms with E-state index in [1.807, 2.05) is 0 Å². The zero-order valence-corrected chi connectivity index (χ0v) is 12.7. The van der Waals surface area contributed by atoms with E-state index in [9.17, 15) is 4.79 Å². The number of nitrogens with zero attached hydrogens (tertiary/aromatic N) is 1. The standard InChI is InChI=1S/C16H20ClNO3/c17-14-5-6-15(13(12-14)4-7-16(19)20)21-11-10-18-8-2-1-3-9-18/h4-7,12H,1-3,8-11H2,(H,19,20). The fourth-order valence-electron chi connectivity index (χ4n) is 2.41. The van der Waals surface area contributed by atoms with E-state index in [4.69, 9.17) is 21.4 Å². The van der Waals surface area contributed by atoms with Crippen LogP contribution in [0.1, 0.15) is 24.8 Å². The molecule has 1 heterocycles. The first-order valence-corrected chi connectivity index (χ1v) is 7.58. The maximum Gasteiger partial charge on any atom is 0.328 e. The number of carboxylic acids is 1. The fourth-order valence-corrected chi connectivity index (χ4v) is 2.59. The third-order valence-corrected chi connectivity index (χ3v) is 3.73. The molecule has 1 N–H and O–H groups in total. The summed E-state index contributed by atoms with van der Waals surface area (Å²) in [4.78, 5) is 13.0. The Bertz CT molecular complexity index is 510. The third-order valence-electron chi connectivity index (χ3n) is 3.49. The number of hydrogen-bond donors (Lipinski definition) is 1. The van der Waals surface area contributed by atoms with Crippen molar-refractivity contribution in [2.24, 2.45) is 0 Å². The summed E-state index contributed by atoms with van der Waals surface area (Å²) in [5, 5.41) is 9.27. The Morgan fingerprint density at radius 1 is 1.33 bits per heavy atom. The minimum absolute atomic E-state index is 0.559. The maximum absolute atomic E-state index is 10.6. The molecule has 1 aromatic rings. The maximum atomic E-state index is 10.6. The number of ether oxygens (including phenoxy) is 1. The van der Waals surface area contributed by atoms with Crippen molar-refractivity contribution in [3.05, 3.63) is 34.9 Å². The van der Waals surface area contributed by atoms with Crippen LogP contribution in [0.5, 0.6) is 5.75 Å². The summed E-state index contributed by atoms with van der Waals surface area (Å²) in [6.45, 7) is 3.76. The van der Waals surface area contributed by atoms with Crippen molar-refractivity contribution in [3.63, 3.8) is 0 Å². The molecule has 0 bridgehead atoms. The van der Waals surface area contributed by atoms with E-state index in [1.165, 1.54) is 25.3 Å². The highest BCUT2D eigenvalue weighted by Crippen LogP contribution is 2.24. The molecule has 0 spiro atoms. The summed E-state index contributed by atoms with van der Waals surface area (Å²) in [6, 6.07) is 5.23. The molecular formula is C16H20ClNO3. The van der Waals surface area contributed by atoms with Crippen LogP contribution in [0.3, 0.4) is 0 Å². The molecule has 0 saturated carbocycles. The smallest absolute Gasteiger partial charge is 0.328 e. The Hall–Kier alpha value is -1.52. The molecule has 114 valence electrons. The molecule has 0 amide bonds. The van der Waals surface area contributed by atoms with Gasteiger partial charge in [-0.1, -0.05) is 18.0 Å². The molecule has 2 rings (SSSR count). The third kappa shape index (κ3) is 5.40. The predicted octanol–water partition coefficient (Wildman–Crippen LogP) is 3.30. The van der Waals surface area contributed by atoms with Crippen LogP contribution in [0.2, 0.25) is 5.02 Å². The van der Waals surface area contributed by atoms with Crippen molar-refractivity contribution >= 4 is 23.6 Å². The zero-order valence-electron chi connectivity index (χ0n) is 11.9. The van der Waals surface area contributed by atoms with E-state index in [2.05, 4.69) is 4.90 Å². The Labute approximate surface area is 130 Å². The average Bonchev–Trinajstić information content (AvgIpc) is 2.48. The first-order chi connectivity index (χ1) is 10.1. The average molecular weight is 310 g/mol. The van der Waals surface area contributed by atoms with Crippen LogP contribution in [0.4, 0.5) is 0 Å². The second-order valence-electron chi connectivity index (χ2n) is 5.10. The molecule has 1 saturated heterocycles. The van der Waals surface area contributed by atoms with Gasteiger partial charge in [0.2, 0.25) is 0 Å². The minimum atomic E-state index is -0.991. The van der Waals surface area contributed by atoms with Crippen molar-refractivity contribution in [2.75, 3.05) is 26.2 Å². The summed E-state index contributed by atoms with van der Waals surface area (Å²) < 4.78 is 5.78. The molecule has 0 aromatic heterocycles. The molecule has 1 aromatic carbocycles. The van der Waals surface area contributed by atoms with E-state index in [-0.39, 0.29) is 0 Å². The summed E-state index contributed by atoms with van der Waals surface area (Å²) >= 11 is 5.94. The van der Waals surface area contributed by atoms with E-state index in [0.717, 1.165) is 25.7 Å². The molecule has 0 radical (unpaired) electrons. The van der Waals surface area contributed by atoms with Crippen LogP contribution in [-0.4, -0.2) is 42.2 Å². The van der Waals surface area contributed by atoms with Gasteiger partial charge in [-0.3, -0.25) is 4.90 Å². The number of piperidine rings is 1. The number of hydrogen-bond acceptors (Lipinski definition) is 3. The molecule has 21 heavy (non-hydrogen) atoms. The SMILES string of the molecule is O=C(O)C=Cc1cc(Cl)ccc1OCCN1CCCCC1. The lowest BCUT2D eigenvalue weighted by atomic mass is 10.1. The second-order valence-corrected chi connectivity index (χ2v) is 5.54. The lowest BCUT2D eigenvalue weighted by Crippen LogP contribution is -2.33. The van der Waals surface area contributed by atoms with Gasteiger partial charge in [0.15, 0.2) is 0 Å². The van der Waals surface area contributed by atoms with E-state index in [0.29, 0.717) is 22.9 Å². The molecule has 1 aliphatic rings. The van der Waals surface area contributed by atoms with Crippen molar-refractivity contribution in [1.82, 2.24) is 4.90 Å². The molecule has 4 nitrogen and oxygen atoms in total. The topological polar surface area (TPSA) is 49.8 Å². The van der Waals surface area contributed by atoms with Gasteiger partial charge in [-0.25, -0.2) is 4.79 Å². The number of carboxylic acid groups (broad SMARTS) is 1. The van der Waals surface area contributed by atoms with E-state index >= 15 is 0 Å². The van der Waals surface area contributed by atoms with Crippen LogP contribution in [-0.2, 0) is 4.79 Å². The molecule has 0 unspecified atom stereocenters. The molecular weight excluding hydrogens is 290 g/mol. The van der Waals surface area contributed by atoms with Crippen molar-refractivity contribution < 1.29 is 14.6 Å². The fraction of sp³-hybridized carbons (Fsp3) is 0.438. The Morgan fingerprint density at radius 3 is 2.81 bits per heavy atom. The lowest BCUT2D eigenvalue weighted by Gasteiger charge is -2.26. The molecule has 1 aliphatic heterocycles. The molecule has 0 atom stereocenters. The monoisotopic (exact) mass is 309 g/mol. The van der Waals surface area contributed by atoms with Crippen LogP contribution in [0.15, 0.2) is 24.3 Å². The van der Waals surface area contributed by atoms with Crippen LogP contribution in [0, 0.1) is 0 Å². The van der Waals surface area contributed by atoms with Gasteiger partial charge in [0, 0.05) is 23.2 Å². The number of benzene rings is 1. The van der Waals surface area contributed by atoms with Crippen LogP contribution in [0.25, 0.3) is 6.08 Å². The van der Waals surface area contributed by atoms with Crippen molar-refractivity contribution in [1.29, 1.82) is 0 Å². The molecule has 5 heteroatoms. The first-order valence-electron chi connectivity index (χ1n) is 7.21. The lowest BCUT2D eigenvalue weighted by molar-refractivity contribution is -0.131. The normalized spacial score (nSPS) is 16.2. The van der Waals surface area contributed by atoms with Crippen LogP contribution >= 0.6 is 11.6 Å². The summed E-state index contributed by atoms with van der Waals surface area (Å²) in [6.07, 6.45) is 6.42. The van der Waals surface area contributed by atoms with Gasteiger partial charge >= 0.3 is 5.97 Å². The van der Waals surface area contributed by atoms with Gasteiger partial charge in [0.1, 0.15) is 12.4 Å². The highest BCUT2D eigenvalue weighted by molar-refractivity contribution is 6.30. The highest BCUT2D eigenvalue weighted by atomic mass is 35.5. The van der Waals surface area contributed by atoms with Gasteiger partial charge in [0.05, 0.1) is 0 Å². The van der Waals surface area contributed by atoms with Gasteiger partial charge in [0.25, 0.3) is 0 Å². The van der Waals surface area contributed by atoms with Gasteiger partial charge in [-0.05, 0) is 50.2 Å². The Morgan fingerprint density at radius 2 is 2.10 bits per heavy atom. The zero-order chi connectivity index (χ0) is 15.1. The van der Waals surface area contributed by atoms with E-state index in [1.54, 1.807) is 18.2 Å². The van der Waals surface area contributed by atoms with Gasteiger partial charge < -0.3 is 9.84 Å². The van der Waals surface area contributed by atoms with Gasteiger partial charge in [-0.15, -0.1) is 0 Å². The minimum Gasteiger partial charge on any atom is -0.492 e. The molecule has 1 fully saturated rings. The Balaban J connectivity index is 1.93. The summed E-state index contributed by atoms with van der Waals surface area (Å²) in [5.74, 6) is -0.330. The second kappa shape index (κ2) is 8.05. The van der Waals surface area contributed by atoms with Crippen molar-refractivity contribution in [2.45, 2.75) is 19.3 Å². The largest absolute Gasteiger partial charge is 0.492 e.